The summed E-state index contributed by atoms with van der Waals surface area (Å²) in [6, 6.07) is 2.31. The quantitative estimate of drug-likeness (QED) is 0.537. The summed E-state index contributed by atoms with van der Waals surface area (Å²) in [4.78, 5) is 0. The summed E-state index contributed by atoms with van der Waals surface area (Å²) >= 11 is 0. The second-order valence-corrected chi connectivity index (χ2v) is 2.73. The maximum absolute atomic E-state index is 8.58. The van der Waals surface area contributed by atoms with E-state index in [0.29, 0.717) is 5.92 Å². The molecule has 0 radical (unpaired) electrons. The first-order valence-corrected chi connectivity index (χ1v) is 4.24. The molecule has 0 bridgehead atoms. The third-order valence-electron chi connectivity index (χ3n) is 1.83. The Balaban J connectivity index is 3.20. The Morgan fingerprint density at radius 3 is 2.40 bits per heavy atom. The number of rotatable bonds is 5. The van der Waals surface area contributed by atoms with E-state index in [2.05, 4.69) is 19.9 Å². The normalized spacial score (nSPS) is 12.5. The maximum Gasteiger partial charge on any atom is 0.0655 e. The average molecular weight is 139 g/mol. The molecular weight excluding hydrogens is 122 g/mol. The third kappa shape index (κ3) is 4.38. The molecule has 0 aromatic heterocycles. The van der Waals surface area contributed by atoms with E-state index in [1.54, 1.807) is 0 Å². The van der Waals surface area contributed by atoms with Gasteiger partial charge in [0, 0.05) is 5.92 Å². The standard InChI is InChI=1S/C9H17N/c1-3-5-6-7-9(4-2)8-10/h9H,3-7H2,1-2H3. The lowest BCUT2D eigenvalue weighted by Crippen LogP contribution is -1.93. The molecule has 0 N–H and O–H groups in total. The molecule has 1 unspecified atom stereocenters. The number of nitriles is 1. The van der Waals surface area contributed by atoms with Crippen molar-refractivity contribution in [2.75, 3.05) is 0 Å². The Hall–Kier alpha value is -0.510. The Morgan fingerprint density at radius 2 is 2.00 bits per heavy atom. The summed E-state index contributed by atoms with van der Waals surface area (Å²) < 4.78 is 0. The van der Waals surface area contributed by atoms with Crippen molar-refractivity contribution in [2.45, 2.75) is 46.0 Å². The molecule has 10 heavy (non-hydrogen) atoms. The minimum atomic E-state index is 0.312. The van der Waals surface area contributed by atoms with E-state index in [1.807, 2.05) is 0 Å². The van der Waals surface area contributed by atoms with Crippen LogP contribution in [-0.2, 0) is 0 Å². The minimum Gasteiger partial charge on any atom is -0.198 e. The van der Waals surface area contributed by atoms with Gasteiger partial charge in [0.2, 0.25) is 0 Å². The number of nitrogens with zero attached hydrogens (tertiary/aromatic N) is 1. The highest BCUT2D eigenvalue weighted by atomic mass is 14.3. The van der Waals surface area contributed by atoms with Crippen molar-refractivity contribution in [1.82, 2.24) is 0 Å². The molecule has 0 spiro atoms. The summed E-state index contributed by atoms with van der Waals surface area (Å²) in [5, 5.41) is 8.58. The molecule has 0 rings (SSSR count). The summed E-state index contributed by atoms with van der Waals surface area (Å²) in [7, 11) is 0. The second-order valence-electron chi connectivity index (χ2n) is 2.73. The highest BCUT2D eigenvalue weighted by Gasteiger charge is 2.01. The van der Waals surface area contributed by atoms with Crippen LogP contribution < -0.4 is 0 Å². The van der Waals surface area contributed by atoms with Crippen LogP contribution in [0.1, 0.15) is 46.0 Å². The minimum absolute atomic E-state index is 0.312. The molecule has 58 valence electrons. The monoisotopic (exact) mass is 139 g/mol. The molecule has 1 heteroatoms. The van der Waals surface area contributed by atoms with Gasteiger partial charge in [-0.2, -0.15) is 5.26 Å². The smallest absolute Gasteiger partial charge is 0.0655 e. The molecule has 1 nitrogen and oxygen atoms in total. The first-order valence-electron chi connectivity index (χ1n) is 4.24. The van der Waals surface area contributed by atoms with Crippen molar-refractivity contribution in [3.63, 3.8) is 0 Å². The molecule has 0 fully saturated rings. The van der Waals surface area contributed by atoms with E-state index in [-0.39, 0.29) is 0 Å². The van der Waals surface area contributed by atoms with Crippen molar-refractivity contribution in [1.29, 1.82) is 5.26 Å². The average Bonchev–Trinajstić information content (AvgIpc) is 1.99. The van der Waals surface area contributed by atoms with Crippen molar-refractivity contribution in [2.24, 2.45) is 5.92 Å². The molecule has 0 amide bonds. The van der Waals surface area contributed by atoms with Gasteiger partial charge in [-0.1, -0.05) is 33.1 Å². The van der Waals surface area contributed by atoms with Crippen molar-refractivity contribution in [3.8, 4) is 6.07 Å². The zero-order chi connectivity index (χ0) is 7.82. The summed E-state index contributed by atoms with van der Waals surface area (Å²) in [5.74, 6) is 0.312. The maximum atomic E-state index is 8.58. The fraction of sp³-hybridized carbons (Fsp3) is 0.889. The van der Waals surface area contributed by atoms with Crippen LogP contribution in [0.15, 0.2) is 0 Å². The Kier molecular flexibility index (Phi) is 6.27. The lowest BCUT2D eigenvalue weighted by molar-refractivity contribution is 0.536. The van der Waals surface area contributed by atoms with Gasteiger partial charge in [0.05, 0.1) is 6.07 Å². The number of unbranched alkanes of at least 4 members (excludes halogenated alkanes) is 2. The third-order valence-corrected chi connectivity index (χ3v) is 1.83. The Bertz CT molecular complexity index is 102. The van der Waals surface area contributed by atoms with Crippen LogP contribution in [0.5, 0.6) is 0 Å². The first-order chi connectivity index (χ1) is 4.85. The van der Waals surface area contributed by atoms with Crippen molar-refractivity contribution < 1.29 is 0 Å². The van der Waals surface area contributed by atoms with Gasteiger partial charge in [-0.05, 0) is 12.8 Å². The van der Waals surface area contributed by atoms with Crippen LogP contribution in [0.25, 0.3) is 0 Å². The molecule has 0 aromatic rings. The van der Waals surface area contributed by atoms with Gasteiger partial charge in [0.1, 0.15) is 0 Å². The van der Waals surface area contributed by atoms with E-state index in [4.69, 9.17) is 5.26 Å². The highest BCUT2D eigenvalue weighted by Crippen LogP contribution is 2.11. The van der Waals surface area contributed by atoms with Crippen LogP contribution in [0.2, 0.25) is 0 Å². The molecule has 0 saturated carbocycles. The Labute approximate surface area is 64.1 Å². The van der Waals surface area contributed by atoms with Gasteiger partial charge in [0.15, 0.2) is 0 Å². The summed E-state index contributed by atoms with van der Waals surface area (Å²) in [6.45, 7) is 4.27. The van der Waals surface area contributed by atoms with Crippen LogP contribution in [-0.4, -0.2) is 0 Å². The molecule has 0 heterocycles. The number of hydrogen-bond acceptors (Lipinski definition) is 1. The largest absolute Gasteiger partial charge is 0.198 e. The molecule has 0 aliphatic carbocycles. The van der Waals surface area contributed by atoms with Gasteiger partial charge >= 0.3 is 0 Å². The van der Waals surface area contributed by atoms with Gasteiger partial charge in [0.25, 0.3) is 0 Å². The molecule has 0 aromatic carbocycles. The van der Waals surface area contributed by atoms with Crippen LogP contribution >= 0.6 is 0 Å². The molecule has 0 aliphatic rings. The van der Waals surface area contributed by atoms with Gasteiger partial charge in [-0.3, -0.25) is 0 Å². The van der Waals surface area contributed by atoms with Gasteiger partial charge in [-0.25, -0.2) is 0 Å². The fourth-order valence-corrected chi connectivity index (χ4v) is 1.00. The first kappa shape index (κ1) is 9.49. The lowest BCUT2D eigenvalue weighted by atomic mass is 10.0. The van der Waals surface area contributed by atoms with E-state index in [0.717, 1.165) is 12.8 Å². The van der Waals surface area contributed by atoms with E-state index in [1.165, 1.54) is 19.3 Å². The zero-order valence-corrected chi connectivity index (χ0v) is 7.06. The highest BCUT2D eigenvalue weighted by molar-refractivity contribution is 4.80. The van der Waals surface area contributed by atoms with Crippen molar-refractivity contribution >= 4 is 0 Å². The lowest BCUT2D eigenvalue weighted by Gasteiger charge is -2.02. The fourth-order valence-electron chi connectivity index (χ4n) is 1.00. The van der Waals surface area contributed by atoms with E-state index >= 15 is 0 Å². The summed E-state index contributed by atoms with van der Waals surface area (Å²) in [5.41, 5.74) is 0. The zero-order valence-electron chi connectivity index (χ0n) is 7.06. The molecule has 0 aliphatic heterocycles. The number of hydrogen-bond donors (Lipinski definition) is 0. The van der Waals surface area contributed by atoms with E-state index < -0.39 is 0 Å². The predicted molar refractivity (Wildman–Crippen MR) is 43.5 cm³/mol. The molecule has 1 atom stereocenters. The van der Waals surface area contributed by atoms with Crippen LogP contribution in [0, 0.1) is 17.2 Å². The molecule has 0 saturated heterocycles. The van der Waals surface area contributed by atoms with Crippen LogP contribution in [0.4, 0.5) is 0 Å². The Morgan fingerprint density at radius 1 is 1.30 bits per heavy atom. The molecular formula is C9H17N. The topological polar surface area (TPSA) is 23.8 Å². The van der Waals surface area contributed by atoms with Crippen molar-refractivity contribution in [3.05, 3.63) is 0 Å². The SMILES string of the molecule is CCCCCC(C#N)CC. The van der Waals surface area contributed by atoms with Gasteiger partial charge < -0.3 is 0 Å². The van der Waals surface area contributed by atoms with Gasteiger partial charge in [-0.15, -0.1) is 0 Å². The second kappa shape index (κ2) is 6.61. The van der Waals surface area contributed by atoms with Crippen LogP contribution in [0.3, 0.4) is 0 Å². The summed E-state index contributed by atoms with van der Waals surface area (Å²) in [6.07, 6.45) is 5.86. The van der Waals surface area contributed by atoms with E-state index in [9.17, 15) is 0 Å². The predicted octanol–water partition coefficient (Wildman–Crippen LogP) is 3.12.